The van der Waals surface area contributed by atoms with Crippen molar-refractivity contribution in [2.24, 2.45) is 0 Å². The molecule has 0 saturated heterocycles. The fourth-order valence-corrected chi connectivity index (χ4v) is 8.34. The van der Waals surface area contributed by atoms with Gasteiger partial charge < -0.3 is 9.47 Å². The molecule has 0 unspecified atom stereocenters. The molecule has 240 valence electrons. The Morgan fingerprint density at radius 2 is 1.29 bits per heavy atom. The van der Waals surface area contributed by atoms with Crippen LogP contribution in [0.3, 0.4) is 0 Å². The Balaban J connectivity index is 1.20. The topological polar surface area (TPSA) is 54.1 Å². The second kappa shape index (κ2) is 10.5. The van der Waals surface area contributed by atoms with Crippen LogP contribution in [0.15, 0.2) is 140 Å². The lowest BCUT2D eigenvalue weighted by atomic mass is 9.34. The molecule has 6 nitrogen and oxygen atoms in total. The van der Waals surface area contributed by atoms with Crippen molar-refractivity contribution < 1.29 is 9.47 Å². The third-order valence-corrected chi connectivity index (χ3v) is 10.5. The molecule has 0 fully saturated rings. The highest BCUT2D eigenvalue weighted by Crippen LogP contribution is 2.42. The van der Waals surface area contributed by atoms with E-state index < -0.39 is 0 Å². The largest absolute Gasteiger partial charge is 0.458 e. The van der Waals surface area contributed by atoms with Crippen LogP contribution in [0.5, 0.6) is 23.0 Å². The van der Waals surface area contributed by atoms with Crippen LogP contribution < -0.4 is 25.9 Å². The fourth-order valence-electron chi connectivity index (χ4n) is 8.34. The molecular weight excluding hydrogens is 627 g/mol. The summed E-state index contributed by atoms with van der Waals surface area (Å²) in [6, 6.07) is 46.6. The summed E-state index contributed by atoms with van der Waals surface area (Å²) in [4.78, 5) is 10.00. The molecule has 9 aromatic rings. The summed E-state index contributed by atoms with van der Waals surface area (Å²) in [7, 11) is 0. The van der Waals surface area contributed by atoms with Crippen LogP contribution in [0.2, 0.25) is 0 Å². The van der Waals surface area contributed by atoms with Crippen molar-refractivity contribution in [3.63, 3.8) is 0 Å². The Morgan fingerprint density at radius 3 is 2.12 bits per heavy atom. The molecule has 3 aromatic heterocycles. The highest BCUT2D eigenvalue weighted by Gasteiger charge is 2.42. The van der Waals surface area contributed by atoms with E-state index in [-0.39, 0.29) is 6.71 Å². The van der Waals surface area contributed by atoms with Gasteiger partial charge in [-0.1, -0.05) is 60.7 Å². The summed E-state index contributed by atoms with van der Waals surface area (Å²) in [5.74, 6) is 5.20. The fraction of sp³-hybridized carbons (Fsp3) is 0.0455. The summed E-state index contributed by atoms with van der Waals surface area (Å²) < 4.78 is 18.2. The molecule has 0 aliphatic carbocycles. The van der Waals surface area contributed by atoms with Gasteiger partial charge in [0.05, 0.1) is 22.1 Å². The highest BCUT2D eigenvalue weighted by atomic mass is 16.5. The third-order valence-electron chi connectivity index (χ3n) is 10.5. The number of rotatable bonds is 3. The van der Waals surface area contributed by atoms with Crippen LogP contribution in [0, 0.1) is 13.8 Å². The highest BCUT2D eigenvalue weighted by molar-refractivity contribution is 6.98. The lowest BCUT2D eigenvalue weighted by Crippen LogP contribution is -2.57. The quantitative estimate of drug-likeness (QED) is 0.179. The molecular formula is C44H29BN4O2. The van der Waals surface area contributed by atoms with Crippen molar-refractivity contribution in [3.8, 4) is 45.9 Å². The molecule has 0 atom stereocenters. The van der Waals surface area contributed by atoms with E-state index in [1.807, 2.05) is 30.5 Å². The van der Waals surface area contributed by atoms with Gasteiger partial charge in [0.1, 0.15) is 34.6 Å². The molecule has 2 aliphatic heterocycles. The zero-order valence-corrected chi connectivity index (χ0v) is 28.0. The first-order valence-corrected chi connectivity index (χ1v) is 17.3. The number of aryl methyl sites for hydroxylation is 2. The van der Waals surface area contributed by atoms with E-state index >= 15 is 0 Å². The van der Waals surface area contributed by atoms with Gasteiger partial charge in [0.25, 0.3) is 6.71 Å². The Kier molecular flexibility index (Phi) is 5.79. The maximum absolute atomic E-state index is 6.91. The molecule has 0 bridgehead atoms. The van der Waals surface area contributed by atoms with Gasteiger partial charge in [0.15, 0.2) is 0 Å². The van der Waals surface area contributed by atoms with E-state index in [2.05, 4.69) is 132 Å². The lowest BCUT2D eigenvalue weighted by molar-refractivity contribution is 0.460. The van der Waals surface area contributed by atoms with Gasteiger partial charge in [0, 0.05) is 33.7 Å². The predicted octanol–water partition coefficient (Wildman–Crippen LogP) is 8.53. The molecule has 7 heteroatoms. The summed E-state index contributed by atoms with van der Waals surface area (Å²) >= 11 is 0. The molecule has 51 heavy (non-hydrogen) atoms. The number of para-hydroxylation sites is 4. The zero-order chi connectivity index (χ0) is 33.8. The van der Waals surface area contributed by atoms with Crippen molar-refractivity contribution >= 4 is 55.9 Å². The monoisotopic (exact) mass is 656 g/mol. The number of nitrogens with zero attached hydrogens (tertiary/aromatic N) is 4. The maximum Gasteiger partial charge on any atom is 0.260 e. The minimum atomic E-state index is -0.129. The average molecular weight is 657 g/mol. The van der Waals surface area contributed by atoms with Gasteiger partial charge in [-0.25, -0.2) is 9.97 Å². The van der Waals surface area contributed by atoms with Crippen LogP contribution in [0.25, 0.3) is 55.7 Å². The van der Waals surface area contributed by atoms with E-state index in [0.29, 0.717) is 0 Å². The smallest absolute Gasteiger partial charge is 0.260 e. The van der Waals surface area contributed by atoms with E-state index in [1.165, 1.54) is 0 Å². The van der Waals surface area contributed by atoms with Crippen LogP contribution in [0.4, 0.5) is 0 Å². The molecule has 0 spiro atoms. The molecule has 2 aliphatic rings. The Labute approximate surface area is 294 Å². The van der Waals surface area contributed by atoms with Crippen molar-refractivity contribution in [3.05, 3.63) is 151 Å². The van der Waals surface area contributed by atoms with Crippen LogP contribution in [-0.4, -0.2) is 25.8 Å². The van der Waals surface area contributed by atoms with Crippen LogP contribution in [-0.2, 0) is 0 Å². The predicted molar refractivity (Wildman–Crippen MR) is 206 cm³/mol. The molecule has 0 saturated carbocycles. The summed E-state index contributed by atoms with van der Waals surface area (Å²) in [5, 5.41) is 2.28. The number of ether oxygens (including phenoxy) is 2. The van der Waals surface area contributed by atoms with Crippen LogP contribution >= 0.6 is 0 Å². The average Bonchev–Trinajstić information content (AvgIpc) is 3.72. The van der Waals surface area contributed by atoms with Crippen molar-refractivity contribution in [2.75, 3.05) is 0 Å². The number of fused-ring (bicyclic) bond motifs is 8. The standard InChI is InChI=1S/C44H29BN4O2/c1-26-22-27(2)43-41-42(26)50-38-20-19-28(44-47-34-15-7-9-17-36(34)48(44)29-12-4-3-5-13-29)23-32(38)45(41)33-25-37-31(24-39(33)51-43)30-14-6-8-16-35(30)49(37)40-18-10-11-21-46-40/h3-25H,1-2H3. The molecule has 0 radical (unpaired) electrons. The van der Waals surface area contributed by atoms with Gasteiger partial charge in [-0.15, -0.1) is 0 Å². The number of aromatic nitrogens is 4. The number of hydrogen-bond acceptors (Lipinski definition) is 4. The summed E-state index contributed by atoms with van der Waals surface area (Å²) in [6.07, 6.45) is 1.85. The molecule has 11 rings (SSSR count). The third kappa shape index (κ3) is 4.00. The van der Waals surface area contributed by atoms with Crippen LogP contribution in [0.1, 0.15) is 11.1 Å². The number of benzene rings is 6. The maximum atomic E-state index is 6.91. The minimum absolute atomic E-state index is 0.129. The van der Waals surface area contributed by atoms with Gasteiger partial charge >= 0.3 is 0 Å². The van der Waals surface area contributed by atoms with Crippen molar-refractivity contribution in [2.45, 2.75) is 13.8 Å². The molecule has 5 heterocycles. The number of imidazole rings is 1. The number of hydrogen-bond donors (Lipinski definition) is 0. The number of pyridine rings is 1. The minimum Gasteiger partial charge on any atom is -0.458 e. The summed E-state index contributed by atoms with van der Waals surface area (Å²) in [6.45, 7) is 4.12. The Morgan fingerprint density at radius 1 is 0.569 bits per heavy atom. The Hall–Kier alpha value is -6.60. The van der Waals surface area contributed by atoms with E-state index in [1.54, 1.807) is 0 Å². The molecule has 6 aromatic carbocycles. The van der Waals surface area contributed by atoms with Gasteiger partial charge in [-0.05, 0) is 109 Å². The van der Waals surface area contributed by atoms with Gasteiger partial charge in [0.2, 0.25) is 0 Å². The van der Waals surface area contributed by atoms with E-state index in [0.717, 1.165) is 106 Å². The van der Waals surface area contributed by atoms with Crippen molar-refractivity contribution in [1.29, 1.82) is 0 Å². The second-order valence-corrected chi connectivity index (χ2v) is 13.5. The first-order valence-electron chi connectivity index (χ1n) is 17.3. The van der Waals surface area contributed by atoms with Crippen molar-refractivity contribution in [1.82, 2.24) is 19.1 Å². The molecule has 0 amide bonds. The Bertz CT molecular complexity index is 2890. The SMILES string of the molecule is Cc1cc(C)c2c3c1Oc1ccc(-c4nc5ccccc5n4-c4ccccc4)cc1B3c1cc3c(cc1O2)c1ccccc1n3-c1ccccn1. The normalized spacial score (nSPS) is 12.8. The first kappa shape index (κ1) is 28.3. The van der Waals surface area contributed by atoms with Gasteiger partial charge in [-0.3, -0.25) is 9.13 Å². The van der Waals surface area contributed by atoms with Gasteiger partial charge in [-0.2, -0.15) is 0 Å². The first-order chi connectivity index (χ1) is 25.1. The van der Waals surface area contributed by atoms with E-state index in [9.17, 15) is 0 Å². The van der Waals surface area contributed by atoms with E-state index in [4.69, 9.17) is 19.4 Å². The zero-order valence-electron chi connectivity index (χ0n) is 28.0. The molecule has 0 N–H and O–H groups in total. The summed E-state index contributed by atoms with van der Waals surface area (Å²) in [5.41, 5.74) is 11.7. The second-order valence-electron chi connectivity index (χ2n) is 13.5. The lowest BCUT2D eigenvalue weighted by Gasteiger charge is -2.35.